The van der Waals surface area contributed by atoms with Crippen molar-refractivity contribution < 1.29 is 28.4 Å². The fourth-order valence-corrected chi connectivity index (χ4v) is 8.16. The molecule has 1 amide bonds. The first-order valence-electron chi connectivity index (χ1n) is 25.1. The van der Waals surface area contributed by atoms with Crippen LogP contribution in [0.25, 0.3) is 0 Å². The predicted molar refractivity (Wildman–Crippen MR) is 254 cm³/mol. The lowest BCUT2D eigenvalue weighted by atomic mass is 10.0. The molecule has 59 heavy (non-hydrogen) atoms. The van der Waals surface area contributed by atoms with Crippen LogP contribution in [0.4, 0.5) is 0 Å². The second-order valence-electron chi connectivity index (χ2n) is 17.0. The first-order valence-corrected chi connectivity index (χ1v) is 26.6. The monoisotopic (exact) mass is 853 g/mol. The molecule has 0 aliphatic carbocycles. The van der Waals surface area contributed by atoms with Crippen molar-refractivity contribution in [1.29, 1.82) is 0 Å². The Labute approximate surface area is 365 Å². The van der Waals surface area contributed by atoms with E-state index in [1.807, 2.05) is 6.08 Å². The molecule has 0 aliphatic rings. The molecule has 0 saturated carbocycles. The molecule has 5 N–H and O–H groups in total. The molecule has 0 fully saturated rings. The summed E-state index contributed by atoms with van der Waals surface area (Å²) in [5.74, 6) is -0.197. The van der Waals surface area contributed by atoms with Crippen LogP contribution in [0.1, 0.15) is 245 Å². The molecule has 0 bridgehead atoms. The third-order valence-electron chi connectivity index (χ3n) is 11.2. The van der Waals surface area contributed by atoms with Crippen LogP contribution in [0.15, 0.2) is 36.5 Å². The summed E-state index contributed by atoms with van der Waals surface area (Å²) in [4.78, 5) is 22.8. The second-order valence-corrected chi connectivity index (χ2v) is 18.5. The summed E-state index contributed by atoms with van der Waals surface area (Å²) >= 11 is 0. The van der Waals surface area contributed by atoms with Gasteiger partial charge in [-0.2, -0.15) is 0 Å². The summed E-state index contributed by atoms with van der Waals surface area (Å²) < 4.78 is 22.2. The SMILES string of the molecule is CCCCCCC/C=C\C/C=C\CCCCCCCCCCCC(=O)NC(COP(=O)(O)OCCN)C(O)/C=C/CCCCCCCCCCCCCCCCCCC. The quantitative estimate of drug-likeness (QED) is 0.0272. The van der Waals surface area contributed by atoms with Crippen molar-refractivity contribution in [3.05, 3.63) is 36.5 Å². The minimum absolute atomic E-state index is 0.0779. The zero-order valence-electron chi connectivity index (χ0n) is 38.7. The molecule has 0 saturated heterocycles. The molecule has 0 radical (unpaired) electrons. The van der Waals surface area contributed by atoms with Gasteiger partial charge in [0.25, 0.3) is 0 Å². The standard InChI is InChI=1S/C50H97N2O6P/c1-3-5-7-9-11-13-15-17-19-21-23-24-26-28-30-32-34-36-38-40-42-44-50(54)52-48(47-58-59(55,56)57-46-45-51)49(53)43-41-39-37-35-33-31-29-27-25-22-20-18-16-14-12-10-8-6-4-2/h15,17,21,23,41,43,48-49,53H,3-14,16,18-20,22,24-40,42,44-47,51H2,1-2H3,(H,52,54)(H,55,56)/b17-15-,23-21-,43-41+. The van der Waals surface area contributed by atoms with Crippen LogP contribution < -0.4 is 11.1 Å². The number of phosphoric acid groups is 1. The molecule has 0 rings (SSSR count). The third-order valence-corrected chi connectivity index (χ3v) is 12.2. The summed E-state index contributed by atoms with van der Waals surface area (Å²) in [6.45, 7) is 4.15. The van der Waals surface area contributed by atoms with Gasteiger partial charge in [-0.3, -0.25) is 13.8 Å². The Morgan fingerprint density at radius 3 is 1.34 bits per heavy atom. The maximum absolute atomic E-state index is 12.8. The molecule has 3 unspecified atom stereocenters. The molecule has 348 valence electrons. The summed E-state index contributed by atoms with van der Waals surface area (Å²) in [6.07, 6.45) is 56.3. The Kier molecular flexibility index (Phi) is 45.2. The van der Waals surface area contributed by atoms with Gasteiger partial charge in [0.05, 0.1) is 25.4 Å². The van der Waals surface area contributed by atoms with E-state index < -0.39 is 20.0 Å². The Morgan fingerprint density at radius 2 is 0.932 bits per heavy atom. The van der Waals surface area contributed by atoms with Gasteiger partial charge >= 0.3 is 7.82 Å². The van der Waals surface area contributed by atoms with Gasteiger partial charge in [0.2, 0.25) is 5.91 Å². The van der Waals surface area contributed by atoms with E-state index in [1.54, 1.807) is 6.08 Å². The maximum Gasteiger partial charge on any atom is 0.472 e. The van der Waals surface area contributed by atoms with E-state index in [0.29, 0.717) is 6.42 Å². The van der Waals surface area contributed by atoms with E-state index in [1.165, 1.54) is 180 Å². The average molecular weight is 853 g/mol. The number of carbonyl (C=O) groups is 1. The molecular weight excluding hydrogens is 756 g/mol. The number of allylic oxidation sites excluding steroid dienone is 5. The first kappa shape index (κ1) is 57.7. The number of carbonyl (C=O) groups excluding carboxylic acids is 1. The summed E-state index contributed by atoms with van der Waals surface area (Å²) in [6, 6.07) is -0.863. The van der Waals surface area contributed by atoms with E-state index >= 15 is 0 Å². The van der Waals surface area contributed by atoms with E-state index in [4.69, 9.17) is 14.8 Å². The molecule has 3 atom stereocenters. The van der Waals surface area contributed by atoms with Gasteiger partial charge in [-0.15, -0.1) is 0 Å². The minimum atomic E-state index is -4.34. The number of nitrogens with two attached hydrogens (primary N) is 1. The minimum Gasteiger partial charge on any atom is -0.387 e. The molecule has 9 heteroatoms. The van der Waals surface area contributed by atoms with Crippen LogP contribution in [-0.4, -0.2) is 47.8 Å². The van der Waals surface area contributed by atoms with E-state index in [-0.39, 0.29) is 25.7 Å². The Balaban J connectivity index is 4.12. The number of amides is 1. The van der Waals surface area contributed by atoms with Crippen LogP contribution in [0.3, 0.4) is 0 Å². The van der Waals surface area contributed by atoms with Crippen molar-refractivity contribution in [2.45, 2.75) is 257 Å². The average Bonchev–Trinajstić information content (AvgIpc) is 3.22. The Hall–Kier alpha value is -1.28. The topological polar surface area (TPSA) is 131 Å². The van der Waals surface area contributed by atoms with Gasteiger partial charge in [0.1, 0.15) is 0 Å². The lowest BCUT2D eigenvalue weighted by molar-refractivity contribution is -0.123. The summed E-state index contributed by atoms with van der Waals surface area (Å²) in [7, 11) is -4.34. The van der Waals surface area contributed by atoms with Gasteiger partial charge in [0.15, 0.2) is 0 Å². The van der Waals surface area contributed by atoms with Crippen molar-refractivity contribution >= 4 is 13.7 Å². The number of phosphoric ester groups is 1. The van der Waals surface area contributed by atoms with Crippen LogP contribution in [0.2, 0.25) is 0 Å². The van der Waals surface area contributed by atoms with Crippen LogP contribution in [-0.2, 0) is 18.4 Å². The fraction of sp³-hybridized carbons (Fsp3) is 0.860. The number of aliphatic hydroxyl groups is 1. The van der Waals surface area contributed by atoms with Gasteiger partial charge < -0.3 is 21.1 Å². The zero-order chi connectivity index (χ0) is 43.2. The number of unbranched alkanes of at least 4 members (excludes halogenated alkanes) is 31. The number of rotatable bonds is 47. The van der Waals surface area contributed by atoms with Crippen LogP contribution >= 0.6 is 7.82 Å². The van der Waals surface area contributed by atoms with E-state index in [9.17, 15) is 19.4 Å². The van der Waals surface area contributed by atoms with Crippen molar-refractivity contribution in [1.82, 2.24) is 5.32 Å². The Morgan fingerprint density at radius 1 is 0.559 bits per heavy atom. The van der Waals surface area contributed by atoms with Gasteiger partial charge in [-0.05, 0) is 51.4 Å². The lowest BCUT2D eigenvalue weighted by Gasteiger charge is -2.23. The molecule has 0 aliphatic heterocycles. The van der Waals surface area contributed by atoms with Crippen molar-refractivity contribution in [2.75, 3.05) is 19.8 Å². The maximum atomic E-state index is 12.8. The molecule has 0 aromatic heterocycles. The first-order chi connectivity index (χ1) is 28.9. The second kappa shape index (κ2) is 46.2. The molecule has 0 aromatic rings. The number of hydrogen-bond acceptors (Lipinski definition) is 6. The molecule has 0 spiro atoms. The highest BCUT2D eigenvalue weighted by Gasteiger charge is 2.26. The van der Waals surface area contributed by atoms with Crippen molar-refractivity contribution in [2.24, 2.45) is 5.73 Å². The number of nitrogens with one attached hydrogen (secondary N) is 1. The number of aliphatic hydroxyl groups excluding tert-OH is 1. The molecule has 8 nitrogen and oxygen atoms in total. The normalized spacial score (nSPS) is 14.2. The highest BCUT2D eigenvalue weighted by atomic mass is 31.2. The molecule has 0 heterocycles. The third kappa shape index (κ3) is 44.6. The highest BCUT2D eigenvalue weighted by Crippen LogP contribution is 2.43. The van der Waals surface area contributed by atoms with Crippen molar-refractivity contribution in [3.63, 3.8) is 0 Å². The van der Waals surface area contributed by atoms with Crippen molar-refractivity contribution in [3.8, 4) is 0 Å². The predicted octanol–water partition coefficient (Wildman–Crippen LogP) is 14.7. The molecular formula is C50H97N2O6P. The summed E-state index contributed by atoms with van der Waals surface area (Å²) in [5.41, 5.74) is 5.39. The van der Waals surface area contributed by atoms with Gasteiger partial charge in [0, 0.05) is 13.0 Å². The largest absolute Gasteiger partial charge is 0.472 e. The Bertz CT molecular complexity index is 1020. The van der Waals surface area contributed by atoms with Crippen LogP contribution in [0, 0.1) is 0 Å². The van der Waals surface area contributed by atoms with Crippen LogP contribution in [0.5, 0.6) is 0 Å². The van der Waals surface area contributed by atoms with Gasteiger partial charge in [-0.25, -0.2) is 4.57 Å². The summed E-state index contributed by atoms with van der Waals surface area (Å²) in [5, 5.41) is 13.7. The van der Waals surface area contributed by atoms with Gasteiger partial charge in [-0.1, -0.05) is 224 Å². The smallest absolute Gasteiger partial charge is 0.387 e. The molecule has 0 aromatic carbocycles. The lowest BCUT2D eigenvalue weighted by Crippen LogP contribution is -2.45. The van der Waals surface area contributed by atoms with E-state index in [0.717, 1.165) is 44.9 Å². The van der Waals surface area contributed by atoms with E-state index in [2.05, 4.69) is 43.5 Å². The highest BCUT2D eigenvalue weighted by molar-refractivity contribution is 7.47. The fourth-order valence-electron chi connectivity index (χ4n) is 7.40. The zero-order valence-corrected chi connectivity index (χ0v) is 39.6. The number of hydrogen-bond donors (Lipinski definition) is 4.